The van der Waals surface area contributed by atoms with Crippen LogP contribution < -0.4 is 16.0 Å². The molecule has 7 rings (SSSR count). The summed E-state index contributed by atoms with van der Waals surface area (Å²) in [5.74, 6) is -0.602. The smallest absolute Gasteiger partial charge is 0.355 e. The van der Waals surface area contributed by atoms with Crippen LogP contribution in [0.15, 0.2) is 77.3 Å². The number of hydrogen-bond acceptors (Lipinski definition) is 8. The molecule has 42 heavy (non-hydrogen) atoms. The first-order valence-corrected chi connectivity index (χ1v) is 14.4. The van der Waals surface area contributed by atoms with Gasteiger partial charge in [-0.25, -0.2) is 9.59 Å². The van der Waals surface area contributed by atoms with Crippen LogP contribution in [-0.4, -0.2) is 37.6 Å². The lowest BCUT2D eigenvalue weighted by molar-refractivity contribution is -0.139. The summed E-state index contributed by atoms with van der Waals surface area (Å²) in [5.41, 5.74) is 7.78. The summed E-state index contributed by atoms with van der Waals surface area (Å²) in [6, 6.07) is 17.6. The third kappa shape index (κ3) is 4.61. The molecule has 4 bridgehead atoms. The van der Waals surface area contributed by atoms with Gasteiger partial charge in [0, 0.05) is 16.8 Å². The molecule has 0 saturated heterocycles. The number of allylic oxidation sites excluding steroid dienone is 1. The van der Waals surface area contributed by atoms with Crippen molar-refractivity contribution in [1.29, 1.82) is 5.26 Å². The zero-order chi connectivity index (χ0) is 29.6. The first-order valence-electron chi connectivity index (χ1n) is 14.4. The molecule has 4 fully saturated rings. The minimum Gasteiger partial charge on any atom is -0.466 e. The normalized spacial score (nSPS) is 27.9. The fourth-order valence-corrected chi connectivity index (χ4v) is 8.12. The summed E-state index contributed by atoms with van der Waals surface area (Å²) in [6.45, 7) is 0. The predicted molar refractivity (Wildman–Crippen MR) is 154 cm³/mol. The number of carbonyl (C=O) groups is 3. The number of nitrogens with one attached hydrogen (secondary N) is 1. The first kappa shape index (κ1) is 27.6. The maximum atomic E-state index is 13.4. The number of rotatable bonds is 6. The highest BCUT2D eigenvalue weighted by atomic mass is 16.5. The average molecular weight is 567 g/mol. The van der Waals surface area contributed by atoms with E-state index >= 15 is 0 Å². The molecule has 1 aliphatic heterocycles. The standard InChI is InChI=1S/C33H34N4O5/c1-41-31(39)27-26(22-6-4-3-5-7-22)25(18-34)29(35)37(28(27)32(40)42-2)24-10-8-23(9-11-24)30(38)36-33-15-19-12-20(16-33)14-21(13-19)17-33/h3-11,19-21,26H,12-17,35H2,1-2H3,(H,36,38). The van der Waals surface area contributed by atoms with E-state index in [1.807, 2.05) is 0 Å². The first-order chi connectivity index (χ1) is 20.3. The SMILES string of the molecule is COC(=O)C1=C(C(=O)OC)N(c2ccc(C(=O)NC34CC5CC(CC(C5)C3)C4)cc2)C(N)=C(C#N)C1c1ccccc1. The Morgan fingerprint density at radius 2 is 1.48 bits per heavy atom. The molecule has 216 valence electrons. The van der Waals surface area contributed by atoms with Crippen molar-refractivity contribution in [3.8, 4) is 6.07 Å². The largest absolute Gasteiger partial charge is 0.466 e. The molecule has 0 aromatic heterocycles. The molecular weight excluding hydrogens is 532 g/mol. The Morgan fingerprint density at radius 3 is 2.00 bits per heavy atom. The highest BCUT2D eigenvalue weighted by Gasteiger charge is 2.51. The lowest BCUT2D eigenvalue weighted by Crippen LogP contribution is -2.59. The second kappa shape index (κ2) is 10.7. The van der Waals surface area contributed by atoms with E-state index in [2.05, 4.69) is 11.4 Å². The van der Waals surface area contributed by atoms with Crippen LogP contribution in [0.5, 0.6) is 0 Å². The Balaban J connectivity index is 1.37. The van der Waals surface area contributed by atoms with Crippen LogP contribution >= 0.6 is 0 Å². The van der Waals surface area contributed by atoms with Crippen LogP contribution in [0.3, 0.4) is 0 Å². The quantitative estimate of drug-likeness (QED) is 0.495. The van der Waals surface area contributed by atoms with E-state index in [0.717, 1.165) is 19.3 Å². The monoisotopic (exact) mass is 566 g/mol. The number of benzene rings is 2. The van der Waals surface area contributed by atoms with E-state index in [1.54, 1.807) is 54.6 Å². The lowest BCUT2D eigenvalue weighted by Gasteiger charge is -2.56. The van der Waals surface area contributed by atoms with Crippen molar-refractivity contribution < 1.29 is 23.9 Å². The maximum absolute atomic E-state index is 13.4. The maximum Gasteiger partial charge on any atom is 0.355 e. The van der Waals surface area contributed by atoms with E-state index in [1.165, 1.54) is 38.4 Å². The summed E-state index contributed by atoms with van der Waals surface area (Å²) >= 11 is 0. The predicted octanol–water partition coefficient (Wildman–Crippen LogP) is 4.28. The van der Waals surface area contributed by atoms with Gasteiger partial charge >= 0.3 is 11.9 Å². The van der Waals surface area contributed by atoms with Gasteiger partial charge in [0.05, 0.1) is 37.4 Å². The van der Waals surface area contributed by atoms with Gasteiger partial charge < -0.3 is 20.5 Å². The Hall–Kier alpha value is -4.58. The van der Waals surface area contributed by atoms with Crippen molar-refractivity contribution >= 4 is 23.5 Å². The number of nitrogens with two attached hydrogens (primary N) is 1. The topological polar surface area (TPSA) is 135 Å². The highest BCUT2D eigenvalue weighted by Crippen LogP contribution is 2.55. The van der Waals surface area contributed by atoms with Gasteiger partial charge in [0.15, 0.2) is 0 Å². The second-order valence-electron chi connectivity index (χ2n) is 12.0. The number of anilines is 1. The van der Waals surface area contributed by atoms with E-state index in [0.29, 0.717) is 34.6 Å². The number of carbonyl (C=O) groups excluding carboxylic acids is 3. The molecule has 0 spiro atoms. The molecule has 4 aliphatic carbocycles. The minimum absolute atomic E-state index is 0.0230. The number of amides is 1. The molecule has 4 saturated carbocycles. The van der Waals surface area contributed by atoms with Crippen LogP contribution in [0.2, 0.25) is 0 Å². The van der Waals surface area contributed by atoms with Gasteiger partial charge in [-0.05, 0) is 86.1 Å². The molecule has 1 unspecified atom stereocenters. The van der Waals surface area contributed by atoms with E-state index < -0.39 is 17.9 Å². The van der Waals surface area contributed by atoms with Gasteiger partial charge in [0.2, 0.25) is 0 Å². The van der Waals surface area contributed by atoms with Gasteiger partial charge in [0.1, 0.15) is 11.5 Å². The Kier molecular flexibility index (Phi) is 7.01. The summed E-state index contributed by atoms with van der Waals surface area (Å²) in [6.07, 6.45) is 6.99. The minimum atomic E-state index is -0.945. The number of nitriles is 1. The average Bonchev–Trinajstić information content (AvgIpc) is 2.99. The molecule has 0 radical (unpaired) electrons. The molecule has 1 amide bonds. The zero-order valence-electron chi connectivity index (χ0n) is 23.8. The van der Waals surface area contributed by atoms with Crippen molar-refractivity contribution in [2.75, 3.05) is 19.1 Å². The summed E-state index contributed by atoms with van der Waals surface area (Å²) < 4.78 is 10.2. The Bertz CT molecular complexity index is 1500. The van der Waals surface area contributed by atoms with Crippen LogP contribution in [0.1, 0.15) is 60.4 Å². The summed E-state index contributed by atoms with van der Waals surface area (Å²) in [5, 5.41) is 13.6. The lowest BCUT2D eigenvalue weighted by atomic mass is 9.53. The molecular formula is C33H34N4O5. The third-order valence-electron chi connectivity index (χ3n) is 9.41. The zero-order valence-corrected chi connectivity index (χ0v) is 23.8. The summed E-state index contributed by atoms with van der Waals surface area (Å²) in [7, 11) is 2.42. The number of esters is 2. The molecule has 5 aliphatic rings. The Morgan fingerprint density at radius 1 is 0.905 bits per heavy atom. The van der Waals surface area contributed by atoms with Gasteiger partial charge in [-0.1, -0.05) is 30.3 Å². The van der Waals surface area contributed by atoms with Gasteiger partial charge in [-0.3, -0.25) is 9.69 Å². The molecule has 1 atom stereocenters. The van der Waals surface area contributed by atoms with Crippen LogP contribution in [0.4, 0.5) is 5.69 Å². The van der Waals surface area contributed by atoms with Gasteiger partial charge in [-0.2, -0.15) is 5.26 Å². The van der Waals surface area contributed by atoms with E-state index in [-0.39, 0.29) is 34.1 Å². The fraction of sp³-hybridized carbons (Fsp3) is 0.394. The summed E-state index contributed by atoms with van der Waals surface area (Å²) in [4.78, 5) is 41.3. The molecule has 1 heterocycles. The van der Waals surface area contributed by atoms with Crippen molar-refractivity contribution in [2.24, 2.45) is 23.5 Å². The number of hydrogen-bond donors (Lipinski definition) is 2. The van der Waals surface area contributed by atoms with Crippen molar-refractivity contribution in [2.45, 2.75) is 50.0 Å². The number of nitrogens with zero attached hydrogens (tertiary/aromatic N) is 2. The molecule has 9 nitrogen and oxygen atoms in total. The molecule has 3 N–H and O–H groups in total. The van der Waals surface area contributed by atoms with Crippen LogP contribution in [0.25, 0.3) is 0 Å². The van der Waals surface area contributed by atoms with Crippen molar-refractivity contribution in [3.63, 3.8) is 0 Å². The number of methoxy groups -OCH3 is 2. The van der Waals surface area contributed by atoms with E-state index in [4.69, 9.17) is 15.2 Å². The van der Waals surface area contributed by atoms with Crippen molar-refractivity contribution in [1.82, 2.24) is 5.32 Å². The van der Waals surface area contributed by atoms with Crippen LogP contribution in [-0.2, 0) is 19.1 Å². The third-order valence-corrected chi connectivity index (χ3v) is 9.41. The molecule has 9 heteroatoms. The fourth-order valence-electron chi connectivity index (χ4n) is 8.12. The highest BCUT2D eigenvalue weighted by molar-refractivity contribution is 6.06. The van der Waals surface area contributed by atoms with Gasteiger partial charge in [-0.15, -0.1) is 0 Å². The second-order valence-corrected chi connectivity index (χ2v) is 12.0. The molecule has 2 aromatic rings. The van der Waals surface area contributed by atoms with E-state index in [9.17, 15) is 19.6 Å². The van der Waals surface area contributed by atoms with Gasteiger partial charge in [0.25, 0.3) is 5.91 Å². The van der Waals surface area contributed by atoms with Crippen molar-refractivity contribution in [3.05, 3.63) is 88.4 Å². The van der Waals surface area contributed by atoms with Crippen LogP contribution in [0, 0.1) is 29.1 Å². The molecule has 2 aromatic carbocycles. The Labute approximate surface area is 245 Å². The number of ether oxygens (including phenoxy) is 2.